The lowest BCUT2D eigenvalue weighted by atomic mass is 10.1. The third-order valence-electron chi connectivity index (χ3n) is 5.79. The Morgan fingerprint density at radius 2 is 1.61 bits per heavy atom. The summed E-state index contributed by atoms with van der Waals surface area (Å²) in [6, 6.07) is 5.19. The number of benzene rings is 1. The molecule has 176 valence electrons. The molecule has 1 aromatic carbocycles. The minimum Gasteiger partial charge on any atom is -0.383 e. The molecule has 1 aliphatic heterocycles. The van der Waals surface area contributed by atoms with Crippen molar-refractivity contribution in [2.45, 2.75) is 59.0 Å². The normalized spacial score (nSPS) is 13.8. The van der Waals surface area contributed by atoms with Gasteiger partial charge in [0.05, 0.1) is 11.1 Å². The van der Waals surface area contributed by atoms with Crippen LogP contribution in [0.15, 0.2) is 33.9 Å². The first-order chi connectivity index (χ1) is 15.7. The summed E-state index contributed by atoms with van der Waals surface area (Å²) in [6.45, 7) is 5.75. The van der Waals surface area contributed by atoms with Gasteiger partial charge in [0, 0.05) is 13.1 Å². The van der Waals surface area contributed by atoms with E-state index in [9.17, 15) is 24.0 Å². The first kappa shape index (κ1) is 24.0. The van der Waals surface area contributed by atoms with E-state index in [4.69, 9.17) is 5.73 Å². The maximum atomic E-state index is 13.6. The van der Waals surface area contributed by atoms with Gasteiger partial charge in [0.25, 0.3) is 17.4 Å². The van der Waals surface area contributed by atoms with Crippen LogP contribution in [0.5, 0.6) is 0 Å². The van der Waals surface area contributed by atoms with Crippen LogP contribution in [0.25, 0.3) is 0 Å². The van der Waals surface area contributed by atoms with E-state index in [0.29, 0.717) is 12.8 Å². The molecule has 0 saturated carbocycles. The van der Waals surface area contributed by atoms with Crippen molar-refractivity contribution >= 4 is 29.2 Å². The first-order valence-electron chi connectivity index (χ1n) is 11.1. The van der Waals surface area contributed by atoms with Crippen LogP contribution in [0, 0.1) is 0 Å². The number of unbranched alkanes of at least 4 members (excludes halogenated alkanes) is 2. The average molecular weight is 456 g/mol. The number of amides is 3. The fourth-order valence-corrected chi connectivity index (χ4v) is 3.92. The van der Waals surface area contributed by atoms with Crippen molar-refractivity contribution in [2.24, 2.45) is 0 Å². The van der Waals surface area contributed by atoms with E-state index in [0.717, 1.165) is 17.7 Å². The summed E-state index contributed by atoms with van der Waals surface area (Å²) in [4.78, 5) is 68.7. The lowest BCUT2D eigenvalue weighted by Gasteiger charge is -2.30. The van der Waals surface area contributed by atoms with E-state index in [-0.39, 0.29) is 35.7 Å². The van der Waals surface area contributed by atoms with Crippen molar-refractivity contribution < 1.29 is 14.4 Å². The first-order valence-corrected chi connectivity index (χ1v) is 11.1. The largest absolute Gasteiger partial charge is 0.383 e. The zero-order valence-electron chi connectivity index (χ0n) is 19.1. The van der Waals surface area contributed by atoms with Gasteiger partial charge in [-0.1, -0.05) is 38.8 Å². The Hall–Kier alpha value is -3.69. The Morgan fingerprint density at radius 1 is 1.03 bits per heavy atom. The molecule has 10 heteroatoms. The van der Waals surface area contributed by atoms with Crippen molar-refractivity contribution in [1.29, 1.82) is 0 Å². The third kappa shape index (κ3) is 4.33. The average Bonchev–Trinajstić information content (AvgIpc) is 3.05. The lowest BCUT2D eigenvalue weighted by Crippen LogP contribution is -2.51. The second-order valence-electron chi connectivity index (χ2n) is 8.04. The molecule has 1 aromatic heterocycles. The number of hydrogen-bond acceptors (Lipinski definition) is 6. The van der Waals surface area contributed by atoms with Gasteiger partial charge in [0.1, 0.15) is 11.9 Å². The van der Waals surface area contributed by atoms with E-state index < -0.39 is 35.0 Å². The number of anilines is 2. The minimum absolute atomic E-state index is 0.115. The topological polar surface area (TPSA) is 139 Å². The van der Waals surface area contributed by atoms with Crippen LogP contribution in [-0.4, -0.2) is 44.8 Å². The predicted octanol–water partition coefficient (Wildman–Crippen LogP) is 1.74. The molecular weight excluding hydrogens is 426 g/mol. The monoisotopic (exact) mass is 455 g/mol. The van der Waals surface area contributed by atoms with Gasteiger partial charge in [-0.05, 0) is 31.9 Å². The van der Waals surface area contributed by atoms with Gasteiger partial charge in [-0.2, -0.15) is 0 Å². The van der Waals surface area contributed by atoms with Crippen molar-refractivity contribution in [3.05, 3.63) is 56.2 Å². The molecule has 0 aliphatic carbocycles. The number of nitrogens with zero attached hydrogens (tertiary/aromatic N) is 3. The van der Waals surface area contributed by atoms with Crippen LogP contribution in [0.3, 0.4) is 0 Å². The Labute approximate surface area is 191 Å². The van der Waals surface area contributed by atoms with Gasteiger partial charge < -0.3 is 10.6 Å². The van der Waals surface area contributed by atoms with Gasteiger partial charge in [-0.25, -0.2) is 4.79 Å². The molecule has 0 spiro atoms. The van der Waals surface area contributed by atoms with Gasteiger partial charge >= 0.3 is 5.69 Å². The summed E-state index contributed by atoms with van der Waals surface area (Å²) >= 11 is 0. The molecular formula is C23H29N5O5. The number of aromatic amines is 1. The number of nitrogens with one attached hydrogen (secondary N) is 1. The summed E-state index contributed by atoms with van der Waals surface area (Å²) in [5, 5.41) is 0. The highest BCUT2D eigenvalue weighted by Crippen LogP contribution is 2.27. The molecule has 2 heterocycles. The number of carbonyl (C=O) groups is 3. The molecule has 3 N–H and O–H groups in total. The van der Waals surface area contributed by atoms with Crippen LogP contribution in [0.2, 0.25) is 0 Å². The number of imide groups is 1. The van der Waals surface area contributed by atoms with Crippen LogP contribution >= 0.6 is 0 Å². The number of nitrogen functional groups attached to an aromatic ring is 1. The molecule has 1 aliphatic rings. The molecule has 0 unspecified atom stereocenters. The minimum atomic E-state index is -1.18. The van der Waals surface area contributed by atoms with Crippen LogP contribution < -0.4 is 21.9 Å². The molecule has 1 atom stereocenters. The molecule has 0 saturated heterocycles. The Bertz CT molecular complexity index is 1160. The zero-order valence-corrected chi connectivity index (χ0v) is 19.1. The molecule has 2 aromatic rings. The number of carbonyl (C=O) groups excluding carboxylic acids is 3. The predicted molar refractivity (Wildman–Crippen MR) is 124 cm³/mol. The highest BCUT2D eigenvalue weighted by Gasteiger charge is 2.42. The van der Waals surface area contributed by atoms with Gasteiger partial charge in [-0.3, -0.25) is 33.6 Å². The van der Waals surface area contributed by atoms with Gasteiger partial charge in [0.15, 0.2) is 5.69 Å². The van der Waals surface area contributed by atoms with Gasteiger partial charge in [0.2, 0.25) is 5.91 Å². The number of nitrogens with two attached hydrogens (primary N) is 1. The van der Waals surface area contributed by atoms with E-state index in [2.05, 4.69) is 4.98 Å². The highest BCUT2D eigenvalue weighted by molar-refractivity contribution is 6.23. The molecule has 10 nitrogen and oxygen atoms in total. The molecule has 0 fully saturated rings. The van der Waals surface area contributed by atoms with Crippen LogP contribution in [0.4, 0.5) is 11.5 Å². The second-order valence-corrected chi connectivity index (χ2v) is 8.04. The van der Waals surface area contributed by atoms with E-state index >= 15 is 0 Å². The summed E-state index contributed by atoms with van der Waals surface area (Å²) in [5.74, 6) is -1.88. The van der Waals surface area contributed by atoms with Crippen LogP contribution in [0.1, 0.15) is 67.2 Å². The van der Waals surface area contributed by atoms with Gasteiger partial charge in [-0.15, -0.1) is 0 Å². The summed E-state index contributed by atoms with van der Waals surface area (Å²) in [6.07, 6.45) is 2.73. The zero-order chi connectivity index (χ0) is 24.3. The number of H-pyrrole nitrogens is 1. The molecule has 33 heavy (non-hydrogen) atoms. The maximum absolute atomic E-state index is 13.6. The summed E-state index contributed by atoms with van der Waals surface area (Å²) < 4.78 is 1.24. The highest BCUT2D eigenvalue weighted by atomic mass is 16.2. The number of hydrogen-bond donors (Lipinski definition) is 2. The fourth-order valence-electron chi connectivity index (χ4n) is 3.92. The third-order valence-corrected chi connectivity index (χ3v) is 5.79. The Balaban J connectivity index is 2.03. The van der Waals surface area contributed by atoms with Crippen molar-refractivity contribution in [3.63, 3.8) is 0 Å². The SMILES string of the molecule is CCCCN(C(=O)[C@H](C)N1C(=O)c2ccccc2C1=O)c1c(N)n(CCCC)c(=O)[nH]c1=O. The number of rotatable bonds is 9. The van der Waals surface area contributed by atoms with E-state index in [1.807, 2.05) is 13.8 Å². The lowest BCUT2D eigenvalue weighted by molar-refractivity contribution is -0.122. The van der Waals surface area contributed by atoms with E-state index in [1.165, 1.54) is 28.5 Å². The second kappa shape index (κ2) is 9.85. The number of aromatic nitrogens is 2. The van der Waals surface area contributed by atoms with E-state index in [1.54, 1.807) is 12.1 Å². The quantitative estimate of drug-likeness (QED) is 0.552. The molecule has 3 rings (SSSR count). The van der Waals surface area contributed by atoms with Crippen molar-refractivity contribution in [2.75, 3.05) is 17.2 Å². The number of fused-ring (bicyclic) bond motifs is 1. The summed E-state index contributed by atoms with van der Waals surface area (Å²) in [7, 11) is 0. The Kier molecular flexibility index (Phi) is 7.15. The molecule has 0 radical (unpaired) electrons. The smallest absolute Gasteiger partial charge is 0.330 e. The molecule has 0 bridgehead atoms. The van der Waals surface area contributed by atoms with Crippen molar-refractivity contribution in [1.82, 2.24) is 14.5 Å². The summed E-state index contributed by atoms with van der Waals surface area (Å²) in [5.41, 5.74) is 5.09. The Morgan fingerprint density at radius 3 is 2.15 bits per heavy atom. The fraction of sp³-hybridized carbons (Fsp3) is 0.435. The van der Waals surface area contributed by atoms with Crippen molar-refractivity contribution in [3.8, 4) is 0 Å². The standard InChI is InChI=1S/C23H29N5O5/c1-4-6-12-26(17-18(24)27(13-7-5-2)23(33)25-19(17)29)20(30)14(3)28-21(31)15-10-8-9-11-16(15)22(28)32/h8-11,14H,4-7,12-13,24H2,1-3H3,(H,25,29,33)/t14-/m0/s1. The molecule has 3 amide bonds. The maximum Gasteiger partial charge on any atom is 0.330 e. The van der Waals surface area contributed by atoms with Crippen LogP contribution in [-0.2, 0) is 11.3 Å².